The highest BCUT2D eigenvalue weighted by Gasteiger charge is 2.13. The average Bonchev–Trinajstić information content (AvgIpc) is 3.29. The van der Waals surface area contributed by atoms with Gasteiger partial charge in [-0.15, -0.1) is 0 Å². The second-order valence-corrected chi connectivity index (χ2v) is 7.60. The van der Waals surface area contributed by atoms with Crippen molar-refractivity contribution in [3.8, 4) is 34.0 Å². The highest BCUT2D eigenvalue weighted by Crippen LogP contribution is 2.32. The van der Waals surface area contributed by atoms with Crippen molar-refractivity contribution < 1.29 is 14.6 Å². The molecule has 6 heteroatoms. The molecule has 0 atom stereocenters. The van der Waals surface area contributed by atoms with Crippen molar-refractivity contribution >= 4 is 22.6 Å². The lowest BCUT2D eigenvalue weighted by molar-refractivity contribution is 0.102. The van der Waals surface area contributed by atoms with E-state index in [-0.39, 0.29) is 11.7 Å². The third-order valence-corrected chi connectivity index (χ3v) is 5.45. The smallest absolute Gasteiger partial charge is 0.255 e. The van der Waals surface area contributed by atoms with E-state index in [0.29, 0.717) is 17.0 Å². The SMILES string of the molecule is COc1ccc(C(=O)Nc2ccc(-c3nc4ccccc4[nH]3)cc2)cc1-c1ccc(O)cc1. The zero-order valence-electron chi connectivity index (χ0n) is 17.9. The van der Waals surface area contributed by atoms with Crippen LogP contribution in [0.1, 0.15) is 10.4 Å². The van der Waals surface area contributed by atoms with Gasteiger partial charge in [-0.25, -0.2) is 4.98 Å². The zero-order chi connectivity index (χ0) is 22.8. The molecule has 5 aromatic rings. The highest BCUT2D eigenvalue weighted by atomic mass is 16.5. The Hall–Kier alpha value is -4.58. The van der Waals surface area contributed by atoms with Crippen molar-refractivity contribution in [3.05, 3.63) is 96.6 Å². The number of hydrogen-bond acceptors (Lipinski definition) is 4. The van der Waals surface area contributed by atoms with Gasteiger partial charge in [0.15, 0.2) is 0 Å². The summed E-state index contributed by atoms with van der Waals surface area (Å²) in [5, 5.41) is 12.5. The number of H-pyrrole nitrogens is 1. The van der Waals surface area contributed by atoms with Crippen molar-refractivity contribution in [2.24, 2.45) is 0 Å². The number of imidazole rings is 1. The van der Waals surface area contributed by atoms with E-state index in [9.17, 15) is 9.90 Å². The summed E-state index contributed by atoms with van der Waals surface area (Å²) in [5.41, 5.74) is 5.62. The second-order valence-electron chi connectivity index (χ2n) is 7.60. The summed E-state index contributed by atoms with van der Waals surface area (Å²) in [6.45, 7) is 0. The largest absolute Gasteiger partial charge is 0.508 e. The van der Waals surface area contributed by atoms with Gasteiger partial charge in [0.2, 0.25) is 0 Å². The molecule has 0 aliphatic rings. The van der Waals surface area contributed by atoms with Crippen molar-refractivity contribution in [1.82, 2.24) is 9.97 Å². The molecule has 0 unspecified atom stereocenters. The Balaban J connectivity index is 1.37. The Morgan fingerprint density at radius 1 is 0.909 bits per heavy atom. The Morgan fingerprint density at radius 3 is 2.36 bits per heavy atom. The number of amides is 1. The molecular weight excluding hydrogens is 414 g/mol. The van der Waals surface area contributed by atoms with Crippen molar-refractivity contribution in [3.63, 3.8) is 0 Å². The summed E-state index contributed by atoms with van der Waals surface area (Å²) < 4.78 is 5.46. The minimum absolute atomic E-state index is 0.178. The number of ether oxygens (including phenoxy) is 1. The fourth-order valence-corrected chi connectivity index (χ4v) is 3.72. The van der Waals surface area contributed by atoms with E-state index in [1.807, 2.05) is 48.5 Å². The maximum atomic E-state index is 12.9. The van der Waals surface area contributed by atoms with Gasteiger partial charge in [0.25, 0.3) is 5.91 Å². The molecule has 1 amide bonds. The Labute approximate surface area is 190 Å². The van der Waals surface area contributed by atoms with Gasteiger partial charge in [-0.2, -0.15) is 0 Å². The molecule has 6 nitrogen and oxygen atoms in total. The number of rotatable bonds is 5. The Morgan fingerprint density at radius 2 is 1.64 bits per heavy atom. The van der Waals surface area contributed by atoms with Crippen LogP contribution in [0.2, 0.25) is 0 Å². The van der Waals surface area contributed by atoms with Gasteiger partial charge in [0.1, 0.15) is 17.3 Å². The van der Waals surface area contributed by atoms with Gasteiger partial charge in [-0.1, -0.05) is 24.3 Å². The molecule has 33 heavy (non-hydrogen) atoms. The van der Waals surface area contributed by atoms with Crippen LogP contribution in [0.5, 0.6) is 11.5 Å². The van der Waals surface area contributed by atoms with E-state index in [1.165, 1.54) is 0 Å². The molecular formula is C27H21N3O3. The molecule has 162 valence electrons. The Kier molecular flexibility index (Phi) is 5.24. The standard InChI is InChI=1S/C27H21N3O3/c1-33-25-15-10-19(16-22(25)17-8-13-21(31)14-9-17)27(32)28-20-11-6-18(7-12-20)26-29-23-4-2-3-5-24(23)30-26/h2-16,31H,1H3,(H,28,32)(H,29,30). The topological polar surface area (TPSA) is 87.2 Å². The maximum Gasteiger partial charge on any atom is 0.255 e. The van der Waals surface area contributed by atoms with Crippen molar-refractivity contribution in [2.75, 3.05) is 12.4 Å². The third kappa shape index (κ3) is 4.14. The first-order valence-corrected chi connectivity index (χ1v) is 10.4. The lowest BCUT2D eigenvalue weighted by atomic mass is 10.0. The molecule has 5 rings (SSSR count). The Bertz CT molecular complexity index is 1410. The summed E-state index contributed by atoms with van der Waals surface area (Å²) >= 11 is 0. The number of nitrogens with one attached hydrogen (secondary N) is 2. The maximum absolute atomic E-state index is 12.9. The van der Waals surface area contributed by atoms with Crippen LogP contribution in [0.4, 0.5) is 5.69 Å². The minimum atomic E-state index is -0.228. The molecule has 0 aliphatic carbocycles. The summed E-state index contributed by atoms with van der Waals surface area (Å²) in [5.74, 6) is 1.38. The van der Waals surface area contributed by atoms with Gasteiger partial charge in [0.05, 0.1) is 18.1 Å². The molecule has 4 aromatic carbocycles. The number of phenolic OH excluding ortho intramolecular Hbond substituents is 1. The van der Waals surface area contributed by atoms with E-state index in [2.05, 4.69) is 15.3 Å². The van der Waals surface area contributed by atoms with E-state index < -0.39 is 0 Å². The molecule has 1 aromatic heterocycles. The fraction of sp³-hybridized carbons (Fsp3) is 0.0370. The monoisotopic (exact) mass is 435 g/mol. The van der Waals surface area contributed by atoms with Gasteiger partial charge < -0.3 is 20.1 Å². The first-order chi connectivity index (χ1) is 16.1. The van der Waals surface area contributed by atoms with Crippen LogP contribution in [0.25, 0.3) is 33.5 Å². The predicted octanol–water partition coefficient (Wildman–Crippen LogP) is 5.86. The number of carbonyl (C=O) groups is 1. The number of para-hydroxylation sites is 2. The summed E-state index contributed by atoms with van der Waals surface area (Å²) in [4.78, 5) is 20.8. The summed E-state index contributed by atoms with van der Waals surface area (Å²) in [6.07, 6.45) is 0. The van der Waals surface area contributed by atoms with Crippen molar-refractivity contribution in [1.29, 1.82) is 0 Å². The lowest BCUT2D eigenvalue weighted by Gasteiger charge is -2.12. The first-order valence-electron chi connectivity index (χ1n) is 10.4. The molecule has 0 aliphatic heterocycles. The van der Waals surface area contributed by atoms with Crippen LogP contribution in [-0.2, 0) is 0 Å². The molecule has 1 heterocycles. The number of benzene rings is 4. The first kappa shape index (κ1) is 20.3. The normalized spacial score (nSPS) is 10.8. The van der Waals surface area contributed by atoms with E-state index in [1.54, 1.807) is 49.6 Å². The average molecular weight is 435 g/mol. The van der Waals surface area contributed by atoms with Crippen LogP contribution in [0.3, 0.4) is 0 Å². The number of aromatic nitrogens is 2. The van der Waals surface area contributed by atoms with Crippen LogP contribution >= 0.6 is 0 Å². The van der Waals surface area contributed by atoms with Crippen molar-refractivity contribution in [2.45, 2.75) is 0 Å². The minimum Gasteiger partial charge on any atom is -0.508 e. The molecule has 0 bridgehead atoms. The number of hydrogen-bond donors (Lipinski definition) is 3. The van der Waals surface area contributed by atoms with E-state index in [0.717, 1.165) is 33.5 Å². The number of aromatic amines is 1. The predicted molar refractivity (Wildman–Crippen MR) is 130 cm³/mol. The molecule has 0 saturated carbocycles. The number of methoxy groups -OCH3 is 1. The number of fused-ring (bicyclic) bond motifs is 1. The number of carbonyl (C=O) groups excluding carboxylic acids is 1. The summed E-state index contributed by atoms with van der Waals surface area (Å²) in [6, 6.07) is 27.5. The van der Waals surface area contributed by atoms with Crippen LogP contribution in [0, 0.1) is 0 Å². The van der Waals surface area contributed by atoms with Gasteiger partial charge in [-0.05, 0) is 72.3 Å². The van der Waals surface area contributed by atoms with Gasteiger partial charge >= 0.3 is 0 Å². The molecule has 0 saturated heterocycles. The zero-order valence-corrected chi connectivity index (χ0v) is 17.9. The molecule has 0 fully saturated rings. The summed E-state index contributed by atoms with van der Waals surface area (Å²) in [7, 11) is 1.59. The second kappa shape index (κ2) is 8.51. The third-order valence-electron chi connectivity index (χ3n) is 5.45. The van der Waals surface area contributed by atoms with Crippen LogP contribution < -0.4 is 10.1 Å². The van der Waals surface area contributed by atoms with Gasteiger partial charge in [-0.3, -0.25) is 4.79 Å². The van der Waals surface area contributed by atoms with Crippen LogP contribution in [0.15, 0.2) is 91.0 Å². The molecule has 0 spiro atoms. The quantitative estimate of drug-likeness (QED) is 0.322. The van der Waals surface area contributed by atoms with Gasteiger partial charge in [0, 0.05) is 22.4 Å². The number of phenols is 1. The molecule has 0 radical (unpaired) electrons. The van der Waals surface area contributed by atoms with Crippen LogP contribution in [-0.4, -0.2) is 28.1 Å². The number of anilines is 1. The highest BCUT2D eigenvalue weighted by molar-refractivity contribution is 6.05. The van der Waals surface area contributed by atoms with E-state index in [4.69, 9.17) is 4.74 Å². The van der Waals surface area contributed by atoms with E-state index >= 15 is 0 Å². The number of aromatic hydroxyl groups is 1. The fourth-order valence-electron chi connectivity index (χ4n) is 3.72. The lowest BCUT2D eigenvalue weighted by Crippen LogP contribution is -2.12. The molecule has 3 N–H and O–H groups in total. The number of nitrogens with zero attached hydrogens (tertiary/aromatic N) is 1.